The molecule has 1 aliphatic heterocycles. The van der Waals surface area contributed by atoms with Crippen molar-refractivity contribution in [3.63, 3.8) is 0 Å². The van der Waals surface area contributed by atoms with Crippen molar-refractivity contribution in [1.29, 1.82) is 0 Å². The van der Waals surface area contributed by atoms with E-state index < -0.39 is 54.3 Å². The van der Waals surface area contributed by atoms with Crippen LogP contribution in [0.5, 0.6) is 5.75 Å². The normalized spacial score (nSPS) is 17.6. The van der Waals surface area contributed by atoms with Gasteiger partial charge in [0.25, 0.3) is 5.91 Å². The maximum absolute atomic E-state index is 13.1. The van der Waals surface area contributed by atoms with Crippen LogP contribution < -0.4 is 22.1 Å². The number of likely N-dealkylation sites (tertiary alicyclic amines) is 1. The number of phenols is 1. The average Bonchev–Trinajstić information content (AvgIpc) is 2.96. The minimum Gasteiger partial charge on any atom is -0.507 e. The Morgan fingerprint density at radius 1 is 0.976 bits per heavy atom. The highest BCUT2D eigenvalue weighted by Gasteiger charge is 2.32. The third-order valence-corrected chi connectivity index (χ3v) is 7.56. The van der Waals surface area contributed by atoms with Gasteiger partial charge in [-0.25, -0.2) is 0 Å². The first-order valence-corrected chi connectivity index (χ1v) is 14.0. The number of imide groups is 1. The van der Waals surface area contributed by atoms with E-state index in [1.54, 1.807) is 24.3 Å². The van der Waals surface area contributed by atoms with E-state index in [9.17, 15) is 29.4 Å². The standard InChI is InChI=1S/C31H37N5O6/c32-23(17-28(39)35-30(41)22-15-20-10-4-5-11-21(20)16-26(22)37)31(42)34-24(14-19-8-2-1-3-9-19)27(38)18-36-13-7-6-12-25(36)29(33)40/h1-5,8-11,15-16,23-25,27,37-38H,6-7,12-14,17-18,32H2,(H2,33,40)(H,34,42)(H,35,39,41)/t23-,24?,25-,27?/m0/s1. The van der Waals surface area contributed by atoms with Crippen molar-refractivity contribution >= 4 is 34.4 Å². The van der Waals surface area contributed by atoms with E-state index in [0.29, 0.717) is 18.4 Å². The third kappa shape index (κ3) is 7.90. The fraction of sp³-hybridized carbons (Fsp3) is 0.355. The molecule has 1 fully saturated rings. The average molecular weight is 576 g/mol. The Hall–Kier alpha value is -4.32. The molecule has 0 bridgehead atoms. The first-order valence-electron chi connectivity index (χ1n) is 14.0. The van der Waals surface area contributed by atoms with Crippen LogP contribution in [-0.4, -0.2) is 76.1 Å². The van der Waals surface area contributed by atoms with E-state index in [4.69, 9.17) is 11.5 Å². The number of rotatable bonds is 11. The molecular formula is C31H37N5O6. The van der Waals surface area contributed by atoms with Gasteiger partial charge < -0.3 is 27.0 Å². The predicted octanol–water partition coefficient (Wildman–Crippen LogP) is 0.947. The molecule has 0 aliphatic carbocycles. The first-order chi connectivity index (χ1) is 20.1. The Morgan fingerprint density at radius 3 is 2.33 bits per heavy atom. The molecule has 2 unspecified atom stereocenters. The van der Waals surface area contributed by atoms with Gasteiger partial charge in [0.15, 0.2) is 0 Å². The highest BCUT2D eigenvalue weighted by atomic mass is 16.3. The molecule has 4 atom stereocenters. The zero-order chi connectivity index (χ0) is 30.2. The predicted molar refractivity (Wildman–Crippen MR) is 157 cm³/mol. The number of nitrogens with zero attached hydrogens (tertiary/aromatic N) is 1. The zero-order valence-electron chi connectivity index (χ0n) is 23.2. The Labute approximate surface area is 243 Å². The summed E-state index contributed by atoms with van der Waals surface area (Å²) in [6.07, 6.45) is 1.05. The molecule has 0 spiro atoms. The van der Waals surface area contributed by atoms with Crippen LogP contribution in [0, 0.1) is 0 Å². The highest BCUT2D eigenvalue weighted by Crippen LogP contribution is 2.25. The number of carbonyl (C=O) groups is 4. The van der Waals surface area contributed by atoms with Crippen LogP contribution in [0.3, 0.4) is 0 Å². The van der Waals surface area contributed by atoms with Gasteiger partial charge in [0, 0.05) is 6.54 Å². The Kier molecular flexibility index (Phi) is 10.2. The molecule has 11 heteroatoms. The van der Waals surface area contributed by atoms with E-state index in [2.05, 4.69) is 10.6 Å². The van der Waals surface area contributed by atoms with Crippen LogP contribution in [0.25, 0.3) is 10.8 Å². The lowest BCUT2D eigenvalue weighted by Gasteiger charge is -2.37. The number of amides is 4. The third-order valence-electron chi connectivity index (χ3n) is 7.56. The summed E-state index contributed by atoms with van der Waals surface area (Å²) in [6.45, 7) is 0.710. The summed E-state index contributed by atoms with van der Waals surface area (Å²) >= 11 is 0. The van der Waals surface area contributed by atoms with Gasteiger partial charge in [-0.1, -0.05) is 61.0 Å². The molecule has 1 aliphatic rings. The van der Waals surface area contributed by atoms with Crippen LogP contribution in [0.15, 0.2) is 66.7 Å². The van der Waals surface area contributed by atoms with Crippen molar-refractivity contribution in [2.24, 2.45) is 11.5 Å². The van der Waals surface area contributed by atoms with Gasteiger partial charge in [-0.05, 0) is 54.3 Å². The SMILES string of the molecule is NC(=O)[C@@H]1CCCCN1CC(O)C(Cc1ccccc1)NC(=O)[C@@H](N)CC(=O)NC(=O)c1cc2ccccc2cc1O. The monoisotopic (exact) mass is 575 g/mol. The second kappa shape index (κ2) is 14.0. The summed E-state index contributed by atoms with van der Waals surface area (Å²) in [4.78, 5) is 52.2. The summed E-state index contributed by atoms with van der Waals surface area (Å²) in [5, 5.41) is 27.8. The number of benzene rings is 3. The summed E-state index contributed by atoms with van der Waals surface area (Å²) in [5.41, 5.74) is 12.4. The summed E-state index contributed by atoms with van der Waals surface area (Å²) in [5.74, 6) is -3.04. The van der Waals surface area contributed by atoms with Crippen LogP contribution >= 0.6 is 0 Å². The van der Waals surface area contributed by atoms with Crippen molar-refractivity contribution in [2.75, 3.05) is 13.1 Å². The number of hydrogen-bond acceptors (Lipinski definition) is 8. The second-order valence-electron chi connectivity index (χ2n) is 10.7. The summed E-state index contributed by atoms with van der Waals surface area (Å²) in [7, 11) is 0. The van der Waals surface area contributed by atoms with E-state index in [0.717, 1.165) is 23.8 Å². The second-order valence-corrected chi connectivity index (χ2v) is 10.7. The van der Waals surface area contributed by atoms with Gasteiger partial charge in [-0.15, -0.1) is 0 Å². The number of phenolic OH excluding ortho intramolecular Hbond substituents is 1. The van der Waals surface area contributed by atoms with Crippen molar-refractivity contribution in [2.45, 2.75) is 56.3 Å². The maximum Gasteiger partial charge on any atom is 0.261 e. The number of carbonyl (C=O) groups excluding carboxylic acids is 4. The number of nitrogens with one attached hydrogen (secondary N) is 2. The molecule has 3 aromatic rings. The van der Waals surface area contributed by atoms with Crippen LogP contribution in [0.2, 0.25) is 0 Å². The van der Waals surface area contributed by atoms with E-state index in [1.165, 1.54) is 12.1 Å². The highest BCUT2D eigenvalue weighted by molar-refractivity contribution is 6.09. The maximum atomic E-state index is 13.1. The Bertz CT molecular complexity index is 1430. The molecule has 222 valence electrons. The lowest BCUT2D eigenvalue weighted by atomic mass is 9.97. The summed E-state index contributed by atoms with van der Waals surface area (Å²) < 4.78 is 0. The van der Waals surface area contributed by atoms with Crippen molar-refractivity contribution in [1.82, 2.24) is 15.5 Å². The van der Waals surface area contributed by atoms with Gasteiger partial charge in [0.2, 0.25) is 17.7 Å². The molecule has 1 heterocycles. The lowest BCUT2D eigenvalue weighted by molar-refractivity contribution is -0.128. The van der Waals surface area contributed by atoms with Gasteiger partial charge in [-0.3, -0.25) is 29.4 Å². The molecule has 42 heavy (non-hydrogen) atoms. The zero-order valence-corrected chi connectivity index (χ0v) is 23.2. The quantitative estimate of drug-likeness (QED) is 0.195. The number of β-amino-alcohol motifs (C(OH)–C–C–N with tert-alkyl or cyclic N) is 1. The number of primary amides is 1. The molecule has 3 aromatic carbocycles. The Morgan fingerprint density at radius 2 is 1.64 bits per heavy atom. The van der Waals surface area contributed by atoms with Gasteiger partial charge in [-0.2, -0.15) is 0 Å². The molecule has 8 N–H and O–H groups in total. The van der Waals surface area contributed by atoms with Crippen LogP contribution in [-0.2, 0) is 20.8 Å². The van der Waals surface area contributed by atoms with Gasteiger partial charge in [0.05, 0.1) is 36.2 Å². The first kappa shape index (κ1) is 30.6. The molecule has 4 amide bonds. The van der Waals surface area contributed by atoms with Gasteiger partial charge in [0.1, 0.15) is 5.75 Å². The molecule has 1 saturated heterocycles. The minimum atomic E-state index is -1.32. The molecule has 4 rings (SSSR count). The fourth-order valence-electron chi connectivity index (χ4n) is 5.29. The molecule has 0 saturated carbocycles. The van der Waals surface area contributed by atoms with E-state index >= 15 is 0 Å². The lowest BCUT2D eigenvalue weighted by Crippen LogP contribution is -2.57. The fourth-order valence-corrected chi connectivity index (χ4v) is 5.29. The van der Waals surface area contributed by atoms with Crippen molar-refractivity contribution in [3.8, 4) is 5.75 Å². The smallest absolute Gasteiger partial charge is 0.261 e. The number of aliphatic hydroxyl groups excluding tert-OH is 1. The topological polar surface area (TPSA) is 188 Å². The van der Waals surface area contributed by atoms with Crippen LogP contribution in [0.4, 0.5) is 0 Å². The number of aromatic hydroxyl groups is 1. The molecular weight excluding hydrogens is 538 g/mol. The minimum absolute atomic E-state index is 0.0851. The van der Waals surface area contributed by atoms with Gasteiger partial charge >= 0.3 is 0 Å². The summed E-state index contributed by atoms with van der Waals surface area (Å²) in [6, 6.07) is 16.7. The van der Waals surface area contributed by atoms with Crippen molar-refractivity contribution in [3.05, 3.63) is 77.9 Å². The van der Waals surface area contributed by atoms with Crippen molar-refractivity contribution < 1.29 is 29.4 Å². The molecule has 11 nitrogen and oxygen atoms in total. The van der Waals surface area contributed by atoms with E-state index in [-0.39, 0.29) is 24.3 Å². The molecule has 0 radical (unpaired) electrons. The number of aliphatic hydroxyl groups is 1. The van der Waals surface area contributed by atoms with E-state index in [1.807, 2.05) is 35.2 Å². The molecule has 0 aromatic heterocycles. The largest absolute Gasteiger partial charge is 0.507 e. The number of hydrogen-bond donors (Lipinski definition) is 6. The number of piperidine rings is 1. The number of nitrogens with two attached hydrogens (primary N) is 2. The van der Waals surface area contributed by atoms with Crippen LogP contribution in [0.1, 0.15) is 41.6 Å². The Balaban J connectivity index is 1.39. The number of fused-ring (bicyclic) bond motifs is 1.